The van der Waals surface area contributed by atoms with Crippen LogP contribution >= 0.6 is 11.3 Å². The SMILES string of the molecule is CCN(C)CCNS(=O)(=O)c1c(C)csc1CNC. The fourth-order valence-electron chi connectivity index (χ4n) is 1.73. The quantitative estimate of drug-likeness (QED) is 0.752. The van der Waals surface area contributed by atoms with Gasteiger partial charge in [0.05, 0.1) is 0 Å². The van der Waals surface area contributed by atoms with Crippen molar-refractivity contribution in [3.63, 3.8) is 0 Å². The van der Waals surface area contributed by atoms with E-state index in [2.05, 4.69) is 14.9 Å². The fourth-order valence-corrected chi connectivity index (χ4v) is 4.57. The van der Waals surface area contributed by atoms with Gasteiger partial charge in [0.25, 0.3) is 0 Å². The van der Waals surface area contributed by atoms with Crippen LogP contribution in [0.2, 0.25) is 0 Å². The van der Waals surface area contributed by atoms with Crippen LogP contribution in [0, 0.1) is 6.92 Å². The number of nitrogens with one attached hydrogen (secondary N) is 2. The molecule has 1 aromatic heterocycles. The van der Waals surface area contributed by atoms with Gasteiger partial charge in [0.2, 0.25) is 10.0 Å². The van der Waals surface area contributed by atoms with Crippen molar-refractivity contribution in [2.24, 2.45) is 0 Å². The molecule has 0 fully saturated rings. The number of nitrogens with zero attached hydrogens (tertiary/aromatic N) is 1. The van der Waals surface area contributed by atoms with E-state index in [1.54, 1.807) is 0 Å². The molecule has 0 bridgehead atoms. The van der Waals surface area contributed by atoms with Crippen LogP contribution in [0.3, 0.4) is 0 Å². The van der Waals surface area contributed by atoms with Crippen molar-refractivity contribution in [3.05, 3.63) is 15.8 Å². The molecule has 1 rings (SSSR count). The number of thiophene rings is 1. The van der Waals surface area contributed by atoms with Gasteiger partial charge in [-0.2, -0.15) is 0 Å². The third-order valence-corrected chi connectivity index (χ3v) is 5.84. The van der Waals surface area contributed by atoms with Crippen LogP contribution < -0.4 is 10.0 Å². The molecule has 0 aromatic carbocycles. The van der Waals surface area contributed by atoms with Gasteiger partial charge in [-0.1, -0.05) is 6.92 Å². The average Bonchev–Trinajstić information content (AvgIpc) is 2.71. The van der Waals surface area contributed by atoms with Gasteiger partial charge < -0.3 is 10.2 Å². The van der Waals surface area contributed by atoms with Gasteiger partial charge in [0, 0.05) is 24.5 Å². The summed E-state index contributed by atoms with van der Waals surface area (Å²) in [5.41, 5.74) is 0.812. The Morgan fingerprint density at radius 1 is 1.42 bits per heavy atom. The summed E-state index contributed by atoms with van der Waals surface area (Å²) in [7, 11) is 0.373. The molecule has 0 unspecified atom stereocenters. The van der Waals surface area contributed by atoms with Crippen LogP contribution in [0.5, 0.6) is 0 Å². The Morgan fingerprint density at radius 2 is 2.11 bits per heavy atom. The van der Waals surface area contributed by atoms with E-state index in [1.165, 1.54) is 11.3 Å². The molecule has 0 saturated heterocycles. The van der Waals surface area contributed by atoms with Crippen LogP contribution in [-0.4, -0.2) is 47.0 Å². The first kappa shape index (κ1) is 16.6. The van der Waals surface area contributed by atoms with Gasteiger partial charge >= 0.3 is 0 Å². The number of aryl methyl sites for hydroxylation is 1. The average molecular weight is 305 g/mol. The van der Waals surface area contributed by atoms with E-state index in [1.807, 2.05) is 33.3 Å². The third-order valence-electron chi connectivity index (χ3n) is 2.92. The molecule has 1 aromatic rings. The van der Waals surface area contributed by atoms with Crippen molar-refractivity contribution < 1.29 is 8.42 Å². The highest BCUT2D eigenvalue weighted by atomic mass is 32.2. The summed E-state index contributed by atoms with van der Waals surface area (Å²) >= 11 is 1.48. The lowest BCUT2D eigenvalue weighted by atomic mass is 10.3. The Bertz CT molecular complexity index is 497. The minimum atomic E-state index is -3.41. The second-order valence-electron chi connectivity index (χ2n) is 4.50. The van der Waals surface area contributed by atoms with Crippen LogP contribution in [0.15, 0.2) is 10.3 Å². The summed E-state index contributed by atoms with van der Waals surface area (Å²) < 4.78 is 27.3. The predicted molar refractivity (Wildman–Crippen MR) is 80.2 cm³/mol. The fraction of sp³-hybridized carbons (Fsp3) is 0.667. The van der Waals surface area contributed by atoms with Crippen molar-refractivity contribution in [3.8, 4) is 0 Å². The molecule has 0 atom stereocenters. The van der Waals surface area contributed by atoms with E-state index < -0.39 is 10.0 Å². The molecule has 0 aliphatic heterocycles. The maximum absolute atomic E-state index is 12.3. The van der Waals surface area contributed by atoms with Crippen LogP contribution in [0.25, 0.3) is 0 Å². The first-order valence-electron chi connectivity index (χ1n) is 6.32. The maximum Gasteiger partial charge on any atom is 0.242 e. The number of hydrogen-bond donors (Lipinski definition) is 2. The summed E-state index contributed by atoms with van der Waals surface area (Å²) in [5, 5.41) is 4.89. The molecule has 0 radical (unpaired) electrons. The Kier molecular flexibility index (Phi) is 6.41. The monoisotopic (exact) mass is 305 g/mol. The molecule has 0 saturated carbocycles. The second-order valence-corrected chi connectivity index (χ2v) is 7.16. The molecule has 110 valence electrons. The van der Waals surface area contributed by atoms with E-state index in [4.69, 9.17) is 0 Å². The minimum absolute atomic E-state index is 0.432. The molecular formula is C12H23N3O2S2. The molecule has 5 nitrogen and oxygen atoms in total. The van der Waals surface area contributed by atoms with E-state index in [9.17, 15) is 8.42 Å². The van der Waals surface area contributed by atoms with Crippen LogP contribution in [-0.2, 0) is 16.6 Å². The minimum Gasteiger partial charge on any atom is -0.315 e. The highest BCUT2D eigenvalue weighted by Gasteiger charge is 2.22. The smallest absolute Gasteiger partial charge is 0.242 e. The van der Waals surface area contributed by atoms with E-state index in [-0.39, 0.29) is 0 Å². The second kappa shape index (κ2) is 7.35. The zero-order valence-electron chi connectivity index (χ0n) is 12.0. The van der Waals surface area contributed by atoms with Crippen molar-refractivity contribution >= 4 is 21.4 Å². The highest BCUT2D eigenvalue weighted by molar-refractivity contribution is 7.89. The van der Waals surface area contributed by atoms with E-state index in [0.717, 1.165) is 17.0 Å². The van der Waals surface area contributed by atoms with Crippen LogP contribution in [0.1, 0.15) is 17.4 Å². The van der Waals surface area contributed by atoms with Gasteiger partial charge in [-0.25, -0.2) is 13.1 Å². The summed E-state index contributed by atoms with van der Waals surface area (Å²) in [4.78, 5) is 3.36. The Hall–Kier alpha value is -0.470. The van der Waals surface area contributed by atoms with Gasteiger partial charge in [-0.05, 0) is 38.5 Å². The zero-order chi connectivity index (χ0) is 14.5. The Labute approximate surface area is 120 Å². The molecule has 0 spiro atoms. The molecule has 0 aliphatic carbocycles. The maximum atomic E-state index is 12.3. The van der Waals surface area contributed by atoms with Gasteiger partial charge in [0.15, 0.2) is 0 Å². The molecule has 19 heavy (non-hydrogen) atoms. The number of hydrogen-bond acceptors (Lipinski definition) is 5. The predicted octanol–water partition coefficient (Wildman–Crippen LogP) is 1.01. The molecule has 1 heterocycles. The number of rotatable bonds is 8. The van der Waals surface area contributed by atoms with Gasteiger partial charge in [-0.15, -0.1) is 11.3 Å². The lowest BCUT2D eigenvalue weighted by Crippen LogP contribution is -2.33. The number of sulfonamides is 1. The highest BCUT2D eigenvalue weighted by Crippen LogP contribution is 2.26. The number of likely N-dealkylation sites (N-methyl/N-ethyl adjacent to an activating group) is 1. The summed E-state index contributed by atoms with van der Waals surface area (Å²) in [6, 6.07) is 0. The van der Waals surface area contributed by atoms with Gasteiger partial charge in [0.1, 0.15) is 4.90 Å². The molecular weight excluding hydrogens is 282 g/mol. The Balaban J connectivity index is 2.79. The lowest BCUT2D eigenvalue weighted by molar-refractivity contribution is 0.358. The molecule has 7 heteroatoms. The summed E-state index contributed by atoms with van der Waals surface area (Å²) in [6.07, 6.45) is 0. The molecule has 0 amide bonds. The zero-order valence-corrected chi connectivity index (χ0v) is 13.6. The first-order chi connectivity index (χ1) is 8.92. The van der Waals surface area contributed by atoms with Crippen molar-refractivity contribution in [1.29, 1.82) is 0 Å². The van der Waals surface area contributed by atoms with E-state index in [0.29, 0.717) is 24.5 Å². The first-order valence-corrected chi connectivity index (χ1v) is 8.68. The summed E-state index contributed by atoms with van der Waals surface area (Å²) in [5.74, 6) is 0. The molecule has 0 aliphatic rings. The van der Waals surface area contributed by atoms with Crippen LogP contribution in [0.4, 0.5) is 0 Å². The lowest BCUT2D eigenvalue weighted by Gasteiger charge is -2.14. The Morgan fingerprint density at radius 3 is 2.68 bits per heavy atom. The van der Waals surface area contributed by atoms with Crippen molar-refractivity contribution in [2.45, 2.75) is 25.3 Å². The standard InChI is InChI=1S/C12H23N3O2S2/c1-5-15(4)7-6-14-19(16,17)12-10(2)9-18-11(12)8-13-3/h9,13-14H,5-8H2,1-4H3. The normalized spacial score (nSPS) is 12.3. The largest absolute Gasteiger partial charge is 0.315 e. The van der Waals surface area contributed by atoms with Crippen molar-refractivity contribution in [1.82, 2.24) is 14.9 Å². The molecule has 2 N–H and O–H groups in total. The third kappa shape index (κ3) is 4.54. The summed E-state index contributed by atoms with van der Waals surface area (Å²) in [6.45, 7) is 6.50. The van der Waals surface area contributed by atoms with Gasteiger partial charge in [-0.3, -0.25) is 0 Å². The van der Waals surface area contributed by atoms with Crippen molar-refractivity contribution in [2.75, 3.05) is 33.7 Å². The van der Waals surface area contributed by atoms with E-state index >= 15 is 0 Å². The topological polar surface area (TPSA) is 61.4 Å².